The Hall–Kier alpha value is -2.56. The van der Waals surface area contributed by atoms with E-state index in [2.05, 4.69) is 0 Å². The third-order valence-electron chi connectivity index (χ3n) is 2.92. The molecule has 0 aliphatic rings. The zero-order valence-electron chi connectivity index (χ0n) is 11.0. The van der Waals surface area contributed by atoms with Crippen LogP contribution in [0.1, 0.15) is 0 Å². The van der Waals surface area contributed by atoms with Gasteiger partial charge in [0.05, 0.1) is 14.9 Å². The summed E-state index contributed by atoms with van der Waals surface area (Å²) in [7, 11) is -4.70. The molecule has 0 unspecified atom stereocenters. The van der Waals surface area contributed by atoms with Gasteiger partial charge in [0, 0.05) is 17.7 Å². The van der Waals surface area contributed by atoms with E-state index in [0.29, 0.717) is 0 Å². The predicted molar refractivity (Wildman–Crippen MR) is 80.0 cm³/mol. The van der Waals surface area contributed by atoms with Gasteiger partial charge in [0.1, 0.15) is 10.5 Å². The van der Waals surface area contributed by atoms with Gasteiger partial charge >= 0.3 is 0 Å². The summed E-state index contributed by atoms with van der Waals surface area (Å²) in [6.07, 6.45) is 0. The van der Waals surface area contributed by atoms with Gasteiger partial charge in [-0.05, 0) is 12.1 Å². The molecule has 2 aromatic rings. The highest BCUT2D eigenvalue weighted by Crippen LogP contribution is 2.42. The lowest BCUT2D eigenvalue weighted by atomic mass is 10.0. The molecule has 1 N–H and O–H groups in total. The Balaban J connectivity index is 2.93. The highest BCUT2D eigenvalue weighted by atomic mass is 35.5. The normalized spacial score (nSPS) is 11.2. The van der Waals surface area contributed by atoms with Gasteiger partial charge in [-0.1, -0.05) is 23.7 Å². The summed E-state index contributed by atoms with van der Waals surface area (Å²) in [5.74, 6) is 0. The molecule has 0 aliphatic carbocycles. The van der Waals surface area contributed by atoms with E-state index in [1.54, 1.807) is 0 Å². The van der Waals surface area contributed by atoms with Crippen LogP contribution in [0.2, 0.25) is 5.02 Å². The Labute approximate surface area is 134 Å². The Bertz CT molecular complexity index is 895. The third kappa shape index (κ3) is 3.13. The molecule has 9 nitrogen and oxygen atoms in total. The van der Waals surface area contributed by atoms with Crippen LogP contribution in [0.3, 0.4) is 0 Å². The van der Waals surface area contributed by atoms with Gasteiger partial charge in [-0.2, -0.15) is 8.42 Å². The van der Waals surface area contributed by atoms with Crippen molar-refractivity contribution in [2.45, 2.75) is 4.90 Å². The lowest BCUT2D eigenvalue weighted by Crippen LogP contribution is -2.02. The molecule has 0 spiro atoms. The molecular weight excluding hydrogens is 352 g/mol. The molecule has 0 amide bonds. The number of nitro benzene ring substituents is 2. The van der Waals surface area contributed by atoms with E-state index in [-0.39, 0.29) is 5.56 Å². The van der Waals surface area contributed by atoms with Gasteiger partial charge in [0.25, 0.3) is 21.5 Å². The first kappa shape index (κ1) is 16.8. The quantitative estimate of drug-likeness (QED) is 0.502. The topological polar surface area (TPSA) is 141 Å². The number of halogens is 1. The van der Waals surface area contributed by atoms with Crippen molar-refractivity contribution in [2.75, 3.05) is 0 Å². The van der Waals surface area contributed by atoms with Crippen LogP contribution in [0.5, 0.6) is 0 Å². The molecule has 0 saturated heterocycles. The second kappa shape index (κ2) is 5.91. The molecular formula is C12H7ClN2O7S. The van der Waals surface area contributed by atoms with E-state index in [9.17, 15) is 28.6 Å². The van der Waals surface area contributed by atoms with E-state index in [1.165, 1.54) is 6.07 Å². The van der Waals surface area contributed by atoms with Crippen molar-refractivity contribution in [3.05, 3.63) is 61.6 Å². The minimum absolute atomic E-state index is 0.249. The van der Waals surface area contributed by atoms with Crippen LogP contribution in [0, 0.1) is 20.2 Å². The van der Waals surface area contributed by atoms with Crippen molar-refractivity contribution in [1.82, 2.24) is 0 Å². The van der Waals surface area contributed by atoms with Crippen molar-refractivity contribution in [1.29, 1.82) is 0 Å². The Morgan fingerprint density at radius 2 is 1.43 bits per heavy atom. The van der Waals surface area contributed by atoms with E-state index < -0.39 is 46.8 Å². The molecule has 0 aliphatic heterocycles. The molecule has 0 heterocycles. The van der Waals surface area contributed by atoms with Crippen LogP contribution in [0.15, 0.2) is 41.3 Å². The number of nitro groups is 2. The fourth-order valence-electron chi connectivity index (χ4n) is 2.01. The Morgan fingerprint density at radius 1 is 0.957 bits per heavy atom. The second-order valence-electron chi connectivity index (χ2n) is 4.28. The molecule has 0 atom stereocenters. The maximum atomic E-state index is 11.3. The molecule has 2 rings (SSSR count). The highest BCUT2D eigenvalue weighted by Gasteiger charge is 2.29. The summed E-state index contributed by atoms with van der Waals surface area (Å²) < 4.78 is 31.7. The smallest absolute Gasteiger partial charge is 0.282 e. The molecule has 2 aromatic carbocycles. The van der Waals surface area contributed by atoms with Crippen molar-refractivity contribution in [2.24, 2.45) is 0 Å². The summed E-state index contributed by atoms with van der Waals surface area (Å²) in [6.45, 7) is 0. The molecule has 0 fully saturated rings. The van der Waals surface area contributed by atoms with Gasteiger partial charge in [0.2, 0.25) is 0 Å². The fourth-order valence-corrected chi connectivity index (χ4v) is 3.11. The van der Waals surface area contributed by atoms with E-state index in [0.717, 1.165) is 30.3 Å². The summed E-state index contributed by atoms with van der Waals surface area (Å²) in [6, 6.07) is 6.50. The first-order valence-electron chi connectivity index (χ1n) is 5.82. The van der Waals surface area contributed by atoms with Crippen LogP contribution < -0.4 is 0 Å². The average Bonchev–Trinajstić information content (AvgIpc) is 2.45. The number of hydrogen-bond donors (Lipinski definition) is 1. The number of hydrogen-bond acceptors (Lipinski definition) is 6. The van der Waals surface area contributed by atoms with Crippen LogP contribution in [0.4, 0.5) is 11.4 Å². The maximum absolute atomic E-state index is 11.3. The first-order chi connectivity index (χ1) is 10.6. The van der Waals surface area contributed by atoms with E-state index >= 15 is 0 Å². The highest BCUT2D eigenvalue weighted by molar-refractivity contribution is 7.86. The van der Waals surface area contributed by atoms with Crippen LogP contribution in [-0.2, 0) is 10.1 Å². The van der Waals surface area contributed by atoms with Gasteiger partial charge < -0.3 is 0 Å². The zero-order valence-corrected chi connectivity index (χ0v) is 12.6. The predicted octanol–water partition coefficient (Wildman–Crippen LogP) is 3.07. The van der Waals surface area contributed by atoms with E-state index in [4.69, 9.17) is 16.2 Å². The summed E-state index contributed by atoms with van der Waals surface area (Å²) in [5, 5.41) is 21.7. The monoisotopic (exact) mass is 358 g/mol. The molecule has 120 valence electrons. The number of nitrogens with zero attached hydrogens (tertiary/aromatic N) is 2. The Morgan fingerprint density at radius 3 is 1.87 bits per heavy atom. The molecule has 0 radical (unpaired) electrons. The third-order valence-corrected chi connectivity index (χ3v) is 4.34. The van der Waals surface area contributed by atoms with Gasteiger partial charge in [-0.15, -0.1) is 0 Å². The van der Waals surface area contributed by atoms with Crippen LogP contribution in [0.25, 0.3) is 11.1 Å². The van der Waals surface area contributed by atoms with Gasteiger partial charge in [-0.25, -0.2) is 0 Å². The van der Waals surface area contributed by atoms with Crippen molar-refractivity contribution in [3.8, 4) is 11.1 Å². The lowest BCUT2D eigenvalue weighted by Gasteiger charge is -2.09. The summed E-state index contributed by atoms with van der Waals surface area (Å²) in [5.41, 5.74) is -1.93. The van der Waals surface area contributed by atoms with Crippen molar-refractivity contribution in [3.63, 3.8) is 0 Å². The summed E-state index contributed by atoms with van der Waals surface area (Å²) in [4.78, 5) is 19.9. The molecule has 0 bridgehead atoms. The standard InChI is InChI=1S/C12H7ClN2O7S/c13-12-7(3-1-6-10(12)23(20,21)22)11-8(14(16)17)4-2-5-9(11)15(18)19/h1-6H,(H,20,21,22). The van der Waals surface area contributed by atoms with E-state index in [1.807, 2.05) is 0 Å². The fraction of sp³-hybridized carbons (Fsp3) is 0. The maximum Gasteiger partial charge on any atom is 0.296 e. The van der Waals surface area contributed by atoms with Crippen molar-refractivity contribution < 1.29 is 22.8 Å². The zero-order chi connectivity index (χ0) is 17.4. The molecule has 0 aromatic heterocycles. The van der Waals surface area contributed by atoms with Gasteiger partial charge in [0.15, 0.2) is 0 Å². The molecule has 0 saturated carbocycles. The Kier molecular flexibility index (Phi) is 4.32. The minimum Gasteiger partial charge on any atom is -0.282 e. The van der Waals surface area contributed by atoms with Gasteiger partial charge in [-0.3, -0.25) is 24.8 Å². The number of benzene rings is 2. The molecule has 11 heteroatoms. The lowest BCUT2D eigenvalue weighted by molar-refractivity contribution is -0.392. The second-order valence-corrected chi connectivity index (χ2v) is 6.05. The van der Waals surface area contributed by atoms with Crippen LogP contribution >= 0.6 is 11.6 Å². The largest absolute Gasteiger partial charge is 0.296 e. The molecule has 23 heavy (non-hydrogen) atoms. The van der Waals surface area contributed by atoms with Crippen molar-refractivity contribution >= 4 is 33.1 Å². The first-order valence-corrected chi connectivity index (χ1v) is 7.64. The summed E-state index contributed by atoms with van der Waals surface area (Å²) >= 11 is 5.90. The average molecular weight is 359 g/mol. The minimum atomic E-state index is -4.70. The van der Waals surface area contributed by atoms with Crippen LogP contribution in [-0.4, -0.2) is 22.8 Å². The number of rotatable bonds is 4. The SMILES string of the molecule is O=[N+]([O-])c1cccc([N+](=O)[O-])c1-c1cccc(S(=O)(=O)O)c1Cl.